The van der Waals surface area contributed by atoms with Crippen LogP contribution in [0.4, 0.5) is 0 Å². The number of nitrogens with zero attached hydrogens (tertiary/aromatic N) is 4. The van der Waals surface area contributed by atoms with Crippen molar-refractivity contribution in [1.29, 1.82) is 0 Å². The summed E-state index contributed by atoms with van der Waals surface area (Å²) in [6, 6.07) is 8.31. The van der Waals surface area contributed by atoms with E-state index < -0.39 is 0 Å². The molecule has 1 N–H and O–H groups in total. The first-order valence-electron chi connectivity index (χ1n) is 10.4. The molecule has 0 bridgehead atoms. The summed E-state index contributed by atoms with van der Waals surface area (Å²) in [6.07, 6.45) is 6.19. The van der Waals surface area contributed by atoms with Gasteiger partial charge in [0.25, 0.3) is 5.91 Å². The minimum Gasteiger partial charge on any atom is -0.481 e. The number of aliphatic hydroxyl groups excluding tert-OH is 1. The Bertz CT molecular complexity index is 892. The van der Waals surface area contributed by atoms with Gasteiger partial charge in [-0.2, -0.15) is 0 Å². The van der Waals surface area contributed by atoms with Gasteiger partial charge in [0, 0.05) is 62.6 Å². The number of pyridine rings is 1. The number of ether oxygens (including phenoxy) is 1. The fourth-order valence-corrected chi connectivity index (χ4v) is 5.08. The van der Waals surface area contributed by atoms with Crippen LogP contribution in [0.1, 0.15) is 34.9 Å². The Kier molecular flexibility index (Phi) is 4.59. The molecule has 154 valence electrons. The summed E-state index contributed by atoms with van der Waals surface area (Å²) in [5.41, 5.74) is 1.70. The van der Waals surface area contributed by atoms with Gasteiger partial charge in [0.1, 0.15) is 5.69 Å². The average molecular weight is 396 g/mol. The normalized spacial score (nSPS) is 26.7. The second kappa shape index (κ2) is 7.15. The van der Waals surface area contributed by atoms with Crippen LogP contribution in [0.3, 0.4) is 0 Å². The summed E-state index contributed by atoms with van der Waals surface area (Å²) < 4.78 is 7.26. The number of fused-ring (bicyclic) bond motifs is 1. The van der Waals surface area contributed by atoms with E-state index in [2.05, 4.69) is 14.5 Å². The number of methoxy groups -OCH3 is 1. The fourth-order valence-electron chi connectivity index (χ4n) is 5.08. The van der Waals surface area contributed by atoms with Crippen LogP contribution in [0, 0.1) is 11.3 Å². The Morgan fingerprint density at radius 1 is 1.28 bits per heavy atom. The van der Waals surface area contributed by atoms with Gasteiger partial charge in [-0.1, -0.05) is 6.07 Å². The molecule has 2 unspecified atom stereocenters. The highest BCUT2D eigenvalue weighted by molar-refractivity contribution is 5.93. The number of aliphatic hydroxyl groups is 1. The van der Waals surface area contributed by atoms with Gasteiger partial charge >= 0.3 is 0 Å². The van der Waals surface area contributed by atoms with Gasteiger partial charge in [-0.05, 0) is 36.5 Å². The van der Waals surface area contributed by atoms with E-state index in [1.165, 1.54) is 0 Å². The first-order valence-corrected chi connectivity index (χ1v) is 10.4. The first-order chi connectivity index (χ1) is 14.1. The van der Waals surface area contributed by atoms with Crippen molar-refractivity contribution in [2.45, 2.75) is 25.4 Å². The van der Waals surface area contributed by atoms with Crippen LogP contribution in [-0.4, -0.2) is 70.3 Å². The monoisotopic (exact) mass is 396 g/mol. The van der Waals surface area contributed by atoms with Crippen molar-refractivity contribution in [2.24, 2.45) is 11.3 Å². The number of hydrogen-bond acceptors (Lipinski definition) is 5. The van der Waals surface area contributed by atoms with Crippen molar-refractivity contribution in [3.8, 4) is 5.88 Å². The lowest BCUT2D eigenvalue weighted by molar-refractivity contribution is 0.0708. The van der Waals surface area contributed by atoms with Gasteiger partial charge in [-0.25, -0.2) is 4.98 Å². The number of rotatable bonds is 6. The molecule has 2 aromatic heterocycles. The highest BCUT2D eigenvalue weighted by Crippen LogP contribution is 2.43. The lowest BCUT2D eigenvalue weighted by Crippen LogP contribution is -2.39. The van der Waals surface area contributed by atoms with Crippen molar-refractivity contribution in [3.05, 3.63) is 47.9 Å². The molecule has 2 saturated heterocycles. The van der Waals surface area contributed by atoms with Crippen molar-refractivity contribution in [2.75, 3.05) is 39.9 Å². The topological polar surface area (TPSA) is 70.8 Å². The molecule has 5 rings (SSSR count). The van der Waals surface area contributed by atoms with Crippen LogP contribution in [-0.2, 0) is 6.54 Å². The van der Waals surface area contributed by atoms with Crippen molar-refractivity contribution < 1.29 is 14.6 Å². The molecule has 4 heterocycles. The average Bonchev–Trinajstić information content (AvgIpc) is 3.21. The second-order valence-electron chi connectivity index (χ2n) is 8.81. The van der Waals surface area contributed by atoms with E-state index >= 15 is 0 Å². The van der Waals surface area contributed by atoms with Crippen LogP contribution >= 0.6 is 0 Å². The van der Waals surface area contributed by atoms with Gasteiger partial charge < -0.3 is 19.3 Å². The minimum atomic E-state index is -0.230. The summed E-state index contributed by atoms with van der Waals surface area (Å²) in [5, 5.41) is 10.3. The van der Waals surface area contributed by atoms with E-state index in [9.17, 15) is 9.90 Å². The standard InChI is InChI=1S/C22H28N4O3/c1-29-20-7-4-16(9-23-20)10-24-11-17-12-25(14-22(17,13-24)15-27)21(28)19-3-2-8-26(19)18-5-6-18/h2-4,7-9,17-18,27H,5-6,10-15H2,1H3. The Morgan fingerprint density at radius 2 is 2.14 bits per heavy atom. The van der Waals surface area contributed by atoms with Gasteiger partial charge in [0.2, 0.25) is 5.88 Å². The molecule has 1 aliphatic carbocycles. The molecular weight excluding hydrogens is 368 g/mol. The first kappa shape index (κ1) is 18.6. The minimum absolute atomic E-state index is 0.107. The molecule has 2 aromatic rings. The summed E-state index contributed by atoms with van der Waals surface area (Å²) in [6.45, 7) is 3.94. The van der Waals surface area contributed by atoms with Crippen molar-refractivity contribution in [1.82, 2.24) is 19.4 Å². The molecule has 0 spiro atoms. The quantitative estimate of drug-likeness (QED) is 0.806. The Labute approximate surface area is 170 Å². The third-order valence-corrected chi connectivity index (χ3v) is 6.78. The Hall–Kier alpha value is -2.38. The SMILES string of the molecule is COc1ccc(CN2CC3CN(C(=O)c4cccn4C4CC4)CC3(CO)C2)cn1. The molecule has 1 amide bonds. The predicted octanol–water partition coefficient (Wildman–Crippen LogP) is 1.79. The van der Waals surface area contributed by atoms with E-state index in [4.69, 9.17) is 4.74 Å². The molecular formula is C22H28N4O3. The molecule has 2 atom stereocenters. The Morgan fingerprint density at radius 3 is 2.79 bits per heavy atom. The number of hydrogen-bond donors (Lipinski definition) is 1. The smallest absolute Gasteiger partial charge is 0.270 e. The zero-order valence-electron chi connectivity index (χ0n) is 16.8. The summed E-state index contributed by atoms with van der Waals surface area (Å²) >= 11 is 0. The van der Waals surface area contributed by atoms with Gasteiger partial charge in [-0.15, -0.1) is 0 Å². The zero-order chi connectivity index (χ0) is 20.0. The van der Waals surface area contributed by atoms with Gasteiger partial charge in [0.05, 0.1) is 13.7 Å². The van der Waals surface area contributed by atoms with Crippen LogP contribution in [0.5, 0.6) is 5.88 Å². The maximum atomic E-state index is 13.2. The van der Waals surface area contributed by atoms with Gasteiger partial charge in [0.15, 0.2) is 0 Å². The molecule has 2 aliphatic heterocycles. The largest absolute Gasteiger partial charge is 0.481 e. The van der Waals surface area contributed by atoms with E-state index in [0.29, 0.717) is 30.9 Å². The summed E-state index contributed by atoms with van der Waals surface area (Å²) in [4.78, 5) is 21.8. The summed E-state index contributed by atoms with van der Waals surface area (Å²) in [7, 11) is 1.61. The highest BCUT2D eigenvalue weighted by atomic mass is 16.5. The Balaban J connectivity index is 1.26. The number of carbonyl (C=O) groups excluding carboxylic acids is 1. The zero-order valence-corrected chi connectivity index (χ0v) is 16.8. The van der Waals surface area contributed by atoms with Crippen molar-refractivity contribution in [3.63, 3.8) is 0 Å². The van der Waals surface area contributed by atoms with Gasteiger partial charge in [-0.3, -0.25) is 9.69 Å². The van der Waals surface area contributed by atoms with E-state index in [-0.39, 0.29) is 17.9 Å². The number of aromatic nitrogens is 2. The maximum Gasteiger partial charge on any atom is 0.270 e. The second-order valence-corrected chi connectivity index (χ2v) is 8.81. The molecule has 0 radical (unpaired) electrons. The van der Waals surface area contributed by atoms with Crippen LogP contribution in [0.2, 0.25) is 0 Å². The van der Waals surface area contributed by atoms with Crippen LogP contribution in [0.15, 0.2) is 36.7 Å². The number of likely N-dealkylation sites (tertiary alicyclic amines) is 2. The van der Waals surface area contributed by atoms with Crippen molar-refractivity contribution >= 4 is 5.91 Å². The molecule has 3 fully saturated rings. The molecule has 0 aromatic carbocycles. The molecule has 1 saturated carbocycles. The molecule has 7 heteroatoms. The number of carbonyl (C=O) groups is 1. The third kappa shape index (κ3) is 3.32. The lowest BCUT2D eigenvalue weighted by atomic mass is 9.82. The molecule has 7 nitrogen and oxygen atoms in total. The number of amides is 1. The van der Waals surface area contributed by atoms with E-state index in [1.54, 1.807) is 7.11 Å². The van der Waals surface area contributed by atoms with E-state index in [0.717, 1.165) is 43.7 Å². The van der Waals surface area contributed by atoms with Crippen LogP contribution < -0.4 is 4.74 Å². The fraction of sp³-hybridized carbons (Fsp3) is 0.545. The predicted molar refractivity (Wildman–Crippen MR) is 108 cm³/mol. The van der Waals surface area contributed by atoms with Crippen LogP contribution in [0.25, 0.3) is 0 Å². The maximum absolute atomic E-state index is 13.2. The molecule has 29 heavy (non-hydrogen) atoms. The summed E-state index contributed by atoms with van der Waals surface area (Å²) in [5.74, 6) is 1.02. The third-order valence-electron chi connectivity index (χ3n) is 6.78. The highest BCUT2D eigenvalue weighted by Gasteiger charge is 2.53. The molecule has 3 aliphatic rings. The van der Waals surface area contributed by atoms with E-state index in [1.807, 2.05) is 41.6 Å². The lowest BCUT2D eigenvalue weighted by Gasteiger charge is -2.27.